The number of ether oxygens (including phenoxy) is 4. The number of aliphatic hydroxyl groups excluding tert-OH is 2. The van der Waals surface area contributed by atoms with Crippen LogP contribution in [0.1, 0.15) is 127 Å². The molecule has 21 heteroatoms. The monoisotopic (exact) mass is 1180 g/mol. The number of Topliss-reactive ketones (excluding diaryl/α,β-unsaturated/α-hetero) is 1. The number of esters is 1. The summed E-state index contributed by atoms with van der Waals surface area (Å²) in [7, 11) is 1.43. The van der Waals surface area contributed by atoms with Crippen molar-refractivity contribution in [3.63, 3.8) is 0 Å². The number of allylic oxidation sites excluding steroid dienone is 2. The largest absolute Gasteiger partial charge is 0.507 e. The van der Waals surface area contributed by atoms with Gasteiger partial charge in [0.05, 0.1) is 74.6 Å². The average Bonchev–Trinajstić information content (AvgIpc) is 1.59. The van der Waals surface area contributed by atoms with Gasteiger partial charge in [0.15, 0.2) is 11.2 Å². The van der Waals surface area contributed by atoms with Crippen LogP contribution >= 0.6 is 11.6 Å². The van der Waals surface area contributed by atoms with E-state index in [9.17, 15) is 44.7 Å². The molecule has 4 aromatic rings. The summed E-state index contributed by atoms with van der Waals surface area (Å²) in [5.41, 5.74) is 0.636. The first kappa shape index (κ1) is 60.4. The number of piperidine rings is 1. The Labute approximate surface area is 492 Å². The van der Waals surface area contributed by atoms with Gasteiger partial charge in [-0.05, 0) is 83.8 Å². The molecule has 4 fully saturated rings. The maximum atomic E-state index is 16.1. The molecule has 2 saturated heterocycles. The van der Waals surface area contributed by atoms with Crippen molar-refractivity contribution in [3.8, 4) is 23.0 Å². The third kappa shape index (κ3) is 11.0. The van der Waals surface area contributed by atoms with Gasteiger partial charge in [0, 0.05) is 117 Å². The summed E-state index contributed by atoms with van der Waals surface area (Å²) in [6, 6.07) is 1.72. The Hall–Kier alpha value is -6.71. The molecule has 0 spiro atoms. The van der Waals surface area contributed by atoms with E-state index in [1.54, 1.807) is 46.8 Å². The second kappa shape index (κ2) is 23.3. The number of hydrazone groups is 1. The molecule has 3 aromatic carbocycles. The minimum absolute atomic E-state index is 0.0299. The number of aromatic nitrogens is 1. The van der Waals surface area contributed by atoms with Crippen LogP contribution in [0.15, 0.2) is 58.3 Å². The Kier molecular flexibility index (Phi) is 16.7. The molecule has 84 heavy (non-hydrogen) atoms. The van der Waals surface area contributed by atoms with Crippen molar-refractivity contribution < 1.29 is 63.3 Å². The zero-order chi connectivity index (χ0) is 60.6. The minimum atomic E-state index is -2.10. The number of benzene rings is 3. The van der Waals surface area contributed by atoms with Gasteiger partial charge in [0.25, 0.3) is 11.7 Å². The third-order valence-electron chi connectivity index (χ3n) is 18.7. The van der Waals surface area contributed by atoms with Crippen molar-refractivity contribution >= 4 is 68.5 Å². The number of halogens is 2. The summed E-state index contributed by atoms with van der Waals surface area (Å²) in [5, 5.41) is 73.1. The Morgan fingerprint density at radius 3 is 2.29 bits per heavy atom. The quantitative estimate of drug-likeness (QED) is 0.0357. The summed E-state index contributed by atoms with van der Waals surface area (Å²) in [6.07, 6.45) is 12.7. The van der Waals surface area contributed by atoms with E-state index in [-0.39, 0.29) is 78.5 Å². The molecule has 5 bridgehead atoms. The van der Waals surface area contributed by atoms with E-state index in [1.165, 1.54) is 65.5 Å². The molecule has 7 aliphatic rings. The number of rotatable bonds is 9. The zero-order valence-electron chi connectivity index (χ0n) is 49.3. The van der Waals surface area contributed by atoms with Crippen molar-refractivity contribution in [3.05, 3.63) is 91.7 Å². The molecule has 6 heterocycles. The van der Waals surface area contributed by atoms with Crippen molar-refractivity contribution in [1.29, 1.82) is 0 Å². The molecular formula is C63H78ClFN6O13. The highest BCUT2D eigenvalue weighted by atomic mass is 35.5. The highest BCUT2D eigenvalue weighted by Crippen LogP contribution is 2.56. The van der Waals surface area contributed by atoms with E-state index < -0.39 is 94.6 Å². The lowest BCUT2D eigenvalue weighted by Crippen LogP contribution is -2.49. The van der Waals surface area contributed by atoms with Crippen LogP contribution < -0.4 is 25.7 Å². The molecule has 7 N–H and O–H groups in total. The summed E-state index contributed by atoms with van der Waals surface area (Å²) in [5.74, 6) is -9.00. The smallest absolute Gasteiger partial charge is 0.312 e. The number of amides is 1. The van der Waals surface area contributed by atoms with Crippen molar-refractivity contribution in [2.24, 2.45) is 34.7 Å². The predicted octanol–water partition coefficient (Wildman–Crippen LogP) is 8.95. The van der Waals surface area contributed by atoms with Gasteiger partial charge in [-0.25, -0.2) is 4.39 Å². The molecule has 1 amide bonds. The number of fused-ring (bicyclic) bond motifs is 15. The SMILES string of the molecule is CO[C@H]1/C=C/O[C@@]2(C)Oc3c(C)c(O)c4c(O)c(c(/C=N/N5CCC(NC6(C7CCN(c8c(F)cc9c(=O)c(C)cn(C%10CC%10)c9c8Cl)C7)CC6)CC5)c(O)c4c3C2=O)NC(=O)/C(C)=C\C=C\[C@H](C)[C@H](O)[C@@H](C)[C@@H](O)[C@@H](C)[C@H](OC(C)=O)[C@@H]1C. The fraction of sp³-hybridized carbons (Fsp3) is 0.540. The lowest BCUT2D eigenvalue weighted by atomic mass is 9.78. The predicted molar refractivity (Wildman–Crippen MR) is 318 cm³/mol. The number of nitrogens with zero attached hydrogens (tertiary/aromatic N) is 4. The van der Waals surface area contributed by atoms with Gasteiger partial charge in [-0.3, -0.25) is 24.2 Å². The number of aryl methyl sites for hydroxylation is 1. The number of methoxy groups -OCH3 is 1. The molecule has 0 radical (unpaired) electrons. The van der Waals surface area contributed by atoms with Gasteiger partial charge < -0.3 is 64.6 Å². The number of phenolic OH excluding ortho intramolecular Hbond substituents is 3. The molecule has 452 valence electrons. The minimum Gasteiger partial charge on any atom is -0.507 e. The van der Waals surface area contributed by atoms with Gasteiger partial charge in [-0.2, -0.15) is 5.10 Å². The van der Waals surface area contributed by atoms with Gasteiger partial charge in [0.2, 0.25) is 0 Å². The first-order valence-electron chi connectivity index (χ1n) is 29.2. The summed E-state index contributed by atoms with van der Waals surface area (Å²) in [6.45, 7) is 16.5. The number of aliphatic hydroxyl groups is 2. The molecule has 1 aromatic heterocycles. The molecular weight excluding hydrogens is 1100 g/mol. The van der Waals surface area contributed by atoms with Crippen LogP contribution in [-0.2, 0) is 23.8 Å². The number of aromatic hydroxyl groups is 3. The fourth-order valence-corrected chi connectivity index (χ4v) is 13.7. The van der Waals surface area contributed by atoms with E-state index in [0.717, 1.165) is 32.1 Å². The van der Waals surface area contributed by atoms with Gasteiger partial charge in [0.1, 0.15) is 29.2 Å². The van der Waals surface area contributed by atoms with Crippen LogP contribution in [0.5, 0.6) is 23.0 Å². The number of nitrogens with one attached hydrogen (secondary N) is 2. The van der Waals surface area contributed by atoms with Gasteiger partial charge in [-0.1, -0.05) is 57.5 Å². The van der Waals surface area contributed by atoms with Crippen LogP contribution in [-0.4, -0.2) is 134 Å². The topological polar surface area (TPSA) is 254 Å². The number of anilines is 2. The maximum Gasteiger partial charge on any atom is 0.312 e. The second-order valence-corrected chi connectivity index (χ2v) is 24.9. The maximum absolute atomic E-state index is 16.1. The number of hydrogen-bond donors (Lipinski definition) is 7. The molecule has 5 aliphatic heterocycles. The van der Waals surface area contributed by atoms with E-state index in [1.807, 2.05) is 16.1 Å². The number of carbonyl (C=O) groups excluding carboxylic acids is 3. The number of pyridine rings is 1. The second-order valence-electron chi connectivity index (χ2n) is 24.5. The Bertz CT molecular complexity index is 3490. The van der Waals surface area contributed by atoms with E-state index >= 15 is 4.39 Å². The van der Waals surface area contributed by atoms with Crippen molar-refractivity contribution in [2.75, 3.05) is 43.5 Å². The van der Waals surface area contributed by atoms with Crippen molar-refractivity contribution in [1.82, 2.24) is 14.9 Å². The lowest BCUT2D eigenvalue weighted by Gasteiger charge is -2.38. The number of phenols is 3. The number of ketones is 1. The first-order chi connectivity index (χ1) is 39.8. The van der Waals surface area contributed by atoms with Crippen LogP contribution in [0.3, 0.4) is 0 Å². The summed E-state index contributed by atoms with van der Waals surface area (Å²) < 4.78 is 42.1. The Balaban J connectivity index is 0.925. The van der Waals surface area contributed by atoms with E-state index in [4.69, 9.17) is 35.6 Å². The van der Waals surface area contributed by atoms with E-state index in [0.29, 0.717) is 61.2 Å². The van der Waals surface area contributed by atoms with Crippen molar-refractivity contribution in [2.45, 2.75) is 155 Å². The molecule has 11 rings (SSSR count). The number of carbonyl (C=O) groups is 3. The Morgan fingerprint density at radius 1 is 0.929 bits per heavy atom. The van der Waals surface area contributed by atoms with Gasteiger partial charge in [-0.15, -0.1) is 0 Å². The molecule has 1 unspecified atom stereocenters. The molecule has 19 nitrogen and oxygen atoms in total. The van der Waals surface area contributed by atoms with E-state index in [2.05, 4.69) is 15.2 Å². The standard InChI is InChI=1S/C63H78ClFN6O13/c1-30-12-11-13-31(2)61(80)67-49-42(27-66-70-23-17-39(18-24-70)68-63(20-21-63)38-16-22-69(29-38)51-43(65)26-41-50(48(51)64)71(40-14-15-40)28-32(3)53(41)74)56(77)45-46(57(49)78)55(76)36(7)59-47(45)60(79)62(9,84-59)82-25-19-44(81-10)33(4)58(83-37(8)72)35(6)54(75)34(5)52(30)73/h11-13,19,25-28,30,33-35,38-40,44,52,54,58,68,73,75-78H,14-18,20-24,29H2,1-10H3,(H,67,80)/b12-11+,25-19+,31-13-,66-27+/t30-,33+,34+,35+,38?,44-,52-,54+,58+,62-/m0/s1. The van der Waals surface area contributed by atoms with Crippen LogP contribution in [0.2, 0.25) is 5.02 Å². The van der Waals surface area contributed by atoms with Crippen LogP contribution in [0, 0.1) is 49.3 Å². The number of hydrogen-bond acceptors (Lipinski definition) is 17. The highest BCUT2D eigenvalue weighted by molar-refractivity contribution is 6.38. The average molecular weight is 1180 g/mol. The molecule has 10 atom stereocenters. The highest BCUT2D eigenvalue weighted by Gasteiger charge is 2.53. The third-order valence-corrected chi connectivity index (χ3v) is 19.1. The van der Waals surface area contributed by atoms with Crippen LogP contribution in [0.4, 0.5) is 15.8 Å². The fourth-order valence-electron chi connectivity index (χ4n) is 13.3. The normalized spacial score (nSPS) is 30.2. The molecule has 2 aliphatic carbocycles. The lowest BCUT2D eigenvalue weighted by molar-refractivity contribution is -0.160. The molecule has 2 saturated carbocycles. The first-order valence-corrected chi connectivity index (χ1v) is 29.6. The van der Waals surface area contributed by atoms with Gasteiger partial charge >= 0.3 is 11.8 Å². The zero-order valence-corrected chi connectivity index (χ0v) is 50.1. The van der Waals surface area contributed by atoms with Crippen LogP contribution in [0.25, 0.3) is 21.7 Å². The summed E-state index contributed by atoms with van der Waals surface area (Å²) >= 11 is 7.09. The Morgan fingerprint density at radius 2 is 1.63 bits per heavy atom. The summed E-state index contributed by atoms with van der Waals surface area (Å²) in [4.78, 5) is 56.6.